The molecule has 0 unspecified atom stereocenters. The molecule has 7 nitrogen and oxygen atoms in total. The number of esters is 1. The quantitative estimate of drug-likeness (QED) is 0.605. The minimum Gasteiger partial charge on any atom is -0.466 e. The van der Waals surface area contributed by atoms with Crippen molar-refractivity contribution in [2.75, 3.05) is 20.3 Å². The number of aryl methyl sites for hydroxylation is 2. The number of allylic oxidation sites excluding steroid dienone is 1. The van der Waals surface area contributed by atoms with Gasteiger partial charge < -0.3 is 19.7 Å². The number of hydrogen-bond acceptors (Lipinski definition) is 7. The normalized spacial score (nSPS) is 22.1. The molecule has 3 heterocycles. The van der Waals surface area contributed by atoms with Gasteiger partial charge in [0.15, 0.2) is 5.17 Å². The van der Waals surface area contributed by atoms with E-state index < -0.39 is 12.0 Å². The molecule has 176 valence electrons. The van der Waals surface area contributed by atoms with E-state index in [1.54, 1.807) is 0 Å². The largest absolute Gasteiger partial charge is 0.466 e. The van der Waals surface area contributed by atoms with E-state index in [2.05, 4.69) is 37.4 Å². The Hall–Kier alpha value is -2.58. The highest BCUT2D eigenvalue weighted by Gasteiger charge is 2.42. The molecule has 0 aliphatic carbocycles. The zero-order valence-electron chi connectivity index (χ0n) is 19.6. The number of carbonyl (C=O) groups is 2. The lowest BCUT2D eigenvalue weighted by Gasteiger charge is -2.37. The summed E-state index contributed by atoms with van der Waals surface area (Å²) in [6.45, 7) is 7.37. The van der Waals surface area contributed by atoms with Crippen LogP contribution in [0.25, 0.3) is 0 Å². The predicted molar refractivity (Wildman–Crippen MR) is 130 cm³/mol. The summed E-state index contributed by atoms with van der Waals surface area (Å²) in [5, 5.41) is 5.75. The van der Waals surface area contributed by atoms with E-state index >= 15 is 0 Å². The summed E-state index contributed by atoms with van der Waals surface area (Å²) in [6, 6.07) is 5.83. The molecule has 3 aliphatic rings. The first kappa shape index (κ1) is 23.6. The van der Waals surface area contributed by atoms with Crippen molar-refractivity contribution in [1.82, 2.24) is 10.2 Å². The van der Waals surface area contributed by atoms with Gasteiger partial charge in [0.2, 0.25) is 5.91 Å². The lowest BCUT2D eigenvalue weighted by molar-refractivity contribution is -0.136. The van der Waals surface area contributed by atoms with Crippen molar-refractivity contribution in [3.8, 4) is 0 Å². The number of fused-ring (bicyclic) bond motifs is 1. The van der Waals surface area contributed by atoms with E-state index in [9.17, 15) is 9.59 Å². The minimum atomic E-state index is -0.396. The Morgan fingerprint density at radius 2 is 2.15 bits per heavy atom. The average molecular weight is 470 g/mol. The van der Waals surface area contributed by atoms with Crippen molar-refractivity contribution in [3.05, 3.63) is 57.3 Å². The fourth-order valence-electron chi connectivity index (χ4n) is 4.60. The van der Waals surface area contributed by atoms with Crippen molar-refractivity contribution in [3.63, 3.8) is 0 Å². The van der Waals surface area contributed by atoms with Crippen LogP contribution in [0.5, 0.6) is 0 Å². The number of amides is 1. The molecule has 1 fully saturated rings. The Bertz CT molecular complexity index is 1040. The van der Waals surface area contributed by atoms with Crippen molar-refractivity contribution < 1.29 is 19.1 Å². The Balaban J connectivity index is 1.66. The zero-order valence-corrected chi connectivity index (χ0v) is 20.5. The predicted octanol–water partition coefficient (Wildman–Crippen LogP) is 4.13. The number of carbonyl (C=O) groups excluding carboxylic acids is 2. The number of amidine groups is 1. The van der Waals surface area contributed by atoms with Gasteiger partial charge in [0.1, 0.15) is 0 Å². The zero-order chi connectivity index (χ0) is 23.5. The molecular weight excluding hydrogens is 438 g/mol. The van der Waals surface area contributed by atoms with Crippen LogP contribution < -0.4 is 5.32 Å². The molecule has 1 aromatic carbocycles. The van der Waals surface area contributed by atoms with E-state index in [4.69, 9.17) is 14.5 Å². The van der Waals surface area contributed by atoms with Crippen LogP contribution in [0.1, 0.15) is 55.3 Å². The van der Waals surface area contributed by atoms with Gasteiger partial charge in [-0.25, -0.2) is 9.79 Å². The van der Waals surface area contributed by atoms with E-state index in [1.807, 2.05) is 17.2 Å². The molecule has 1 N–H and O–H groups in total. The van der Waals surface area contributed by atoms with Gasteiger partial charge in [-0.05, 0) is 49.6 Å². The van der Waals surface area contributed by atoms with Gasteiger partial charge in [-0.3, -0.25) is 4.79 Å². The number of aliphatic imine (C=N–C) groups is 1. The fourth-order valence-corrected chi connectivity index (χ4v) is 5.54. The average Bonchev–Trinajstić information content (AvgIpc) is 3.46. The molecule has 0 aromatic heterocycles. The van der Waals surface area contributed by atoms with Crippen LogP contribution in [0.3, 0.4) is 0 Å². The Labute approximate surface area is 199 Å². The molecule has 2 atom stereocenters. The van der Waals surface area contributed by atoms with Gasteiger partial charge in [-0.15, -0.1) is 0 Å². The third-order valence-electron chi connectivity index (χ3n) is 6.24. The summed E-state index contributed by atoms with van der Waals surface area (Å²) < 4.78 is 10.8. The fraction of sp³-hybridized carbons (Fsp3) is 0.480. The molecule has 1 aromatic rings. The maximum Gasteiger partial charge on any atom is 0.338 e. The van der Waals surface area contributed by atoms with Crippen LogP contribution >= 0.6 is 11.8 Å². The maximum absolute atomic E-state index is 13.0. The third kappa shape index (κ3) is 4.87. The first-order chi connectivity index (χ1) is 15.9. The van der Waals surface area contributed by atoms with Crippen molar-refractivity contribution in [2.24, 2.45) is 4.99 Å². The number of benzene rings is 1. The molecule has 3 aliphatic heterocycles. The van der Waals surface area contributed by atoms with Gasteiger partial charge in [-0.1, -0.05) is 42.4 Å². The standard InChI is InChI=1S/C25H31N3O4S/c1-5-20-22(24(30)31-4)23(19-9-8-15(2)11-16(19)3)28-17(14-33-25(28)27-20)12-21(29)26-13-18-7-6-10-32-18/h8-9,11,14,18,23H,5-7,10,12-13H2,1-4H3,(H,26,29)/t18-,23-/m1/s1. The highest BCUT2D eigenvalue weighted by Crippen LogP contribution is 2.46. The smallest absolute Gasteiger partial charge is 0.338 e. The molecule has 0 radical (unpaired) electrons. The summed E-state index contributed by atoms with van der Waals surface area (Å²) in [7, 11) is 1.40. The number of hydrogen-bond donors (Lipinski definition) is 1. The Morgan fingerprint density at radius 3 is 2.82 bits per heavy atom. The second kappa shape index (κ2) is 10.1. The molecule has 4 rings (SSSR count). The molecule has 8 heteroatoms. The first-order valence-electron chi connectivity index (χ1n) is 11.4. The van der Waals surface area contributed by atoms with Crippen LogP contribution in [0, 0.1) is 13.8 Å². The van der Waals surface area contributed by atoms with Crippen LogP contribution in [0.2, 0.25) is 0 Å². The van der Waals surface area contributed by atoms with Gasteiger partial charge >= 0.3 is 5.97 Å². The van der Waals surface area contributed by atoms with Crippen LogP contribution in [0.4, 0.5) is 0 Å². The second-order valence-electron chi connectivity index (χ2n) is 8.58. The minimum absolute atomic E-state index is 0.0668. The van der Waals surface area contributed by atoms with E-state index in [1.165, 1.54) is 18.9 Å². The maximum atomic E-state index is 13.0. The van der Waals surface area contributed by atoms with E-state index in [-0.39, 0.29) is 18.4 Å². The Kier molecular flexibility index (Phi) is 7.24. The summed E-state index contributed by atoms with van der Waals surface area (Å²) >= 11 is 1.49. The SMILES string of the molecule is CCC1=C(C(=O)OC)[C@@H](c2ccc(C)cc2C)N2C(CC(=O)NC[C@H]3CCCO3)=CSC2=N1. The number of methoxy groups -OCH3 is 1. The number of thioether (sulfide) groups is 1. The summed E-state index contributed by atoms with van der Waals surface area (Å²) in [6.07, 6.45) is 2.92. The third-order valence-corrected chi connectivity index (χ3v) is 7.13. The van der Waals surface area contributed by atoms with Crippen molar-refractivity contribution in [1.29, 1.82) is 0 Å². The number of ether oxygens (including phenoxy) is 2. The van der Waals surface area contributed by atoms with E-state index in [0.717, 1.165) is 52.7 Å². The molecule has 33 heavy (non-hydrogen) atoms. The molecular formula is C25H31N3O4S. The first-order valence-corrected chi connectivity index (χ1v) is 12.3. The van der Waals surface area contributed by atoms with Gasteiger partial charge in [0, 0.05) is 18.8 Å². The van der Waals surface area contributed by atoms with Gasteiger partial charge in [-0.2, -0.15) is 0 Å². The van der Waals surface area contributed by atoms with Crippen LogP contribution in [-0.4, -0.2) is 48.3 Å². The van der Waals surface area contributed by atoms with Gasteiger partial charge in [0.05, 0.1) is 36.9 Å². The monoisotopic (exact) mass is 469 g/mol. The highest BCUT2D eigenvalue weighted by molar-refractivity contribution is 8.16. The summed E-state index contributed by atoms with van der Waals surface area (Å²) in [5.41, 5.74) is 5.32. The molecule has 1 amide bonds. The van der Waals surface area contributed by atoms with Crippen molar-refractivity contribution in [2.45, 2.75) is 58.6 Å². The number of nitrogens with zero attached hydrogens (tertiary/aromatic N) is 2. The van der Waals surface area contributed by atoms with Crippen LogP contribution in [0.15, 0.2) is 45.6 Å². The molecule has 0 bridgehead atoms. The van der Waals surface area contributed by atoms with Gasteiger partial charge in [0.25, 0.3) is 0 Å². The topological polar surface area (TPSA) is 80.2 Å². The number of nitrogens with one attached hydrogen (secondary N) is 1. The molecule has 1 saturated heterocycles. The summed E-state index contributed by atoms with van der Waals surface area (Å²) in [4.78, 5) is 32.6. The molecule has 0 saturated carbocycles. The van der Waals surface area contributed by atoms with Crippen LogP contribution in [-0.2, 0) is 19.1 Å². The Morgan fingerprint density at radius 1 is 1.33 bits per heavy atom. The highest BCUT2D eigenvalue weighted by atomic mass is 32.2. The van der Waals surface area contributed by atoms with Crippen molar-refractivity contribution >= 4 is 28.8 Å². The lowest BCUT2D eigenvalue weighted by Crippen LogP contribution is -2.39. The number of rotatable bonds is 7. The summed E-state index contributed by atoms with van der Waals surface area (Å²) in [5.74, 6) is -0.457. The van der Waals surface area contributed by atoms with E-state index in [0.29, 0.717) is 18.5 Å². The molecule has 0 spiro atoms. The second-order valence-corrected chi connectivity index (χ2v) is 9.41. The lowest BCUT2D eigenvalue weighted by atomic mass is 9.89.